The maximum atomic E-state index is 12.5. The molecule has 0 atom stereocenters. The molecule has 0 fully saturated rings. The van der Waals surface area contributed by atoms with Gasteiger partial charge in [0, 0.05) is 30.9 Å². The van der Waals surface area contributed by atoms with Crippen LogP contribution in [-0.4, -0.2) is 50.3 Å². The first-order valence-electron chi connectivity index (χ1n) is 10.3. The summed E-state index contributed by atoms with van der Waals surface area (Å²) in [7, 11) is 0. The second-order valence-electron chi connectivity index (χ2n) is 7.49. The first-order chi connectivity index (χ1) is 15.3. The molecule has 0 saturated heterocycles. The van der Waals surface area contributed by atoms with E-state index in [1.165, 1.54) is 4.68 Å². The Kier molecular flexibility index (Phi) is 7.72. The number of tetrazole rings is 1. The second-order valence-corrected chi connectivity index (χ2v) is 7.86. The van der Waals surface area contributed by atoms with E-state index in [1.807, 2.05) is 44.2 Å². The minimum Gasteiger partial charge on any atom is -0.481 e. The number of benzene rings is 2. The van der Waals surface area contributed by atoms with E-state index in [-0.39, 0.29) is 12.3 Å². The average molecular weight is 455 g/mol. The lowest BCUT2D eigenvalue weighted by molar-refractivity contribution is -0.136. The molecule has 10 heteroatoms. The fourth-order valence-electron chi connectivity index (χ4n) is 3.61. The second kappa shape index (κ2) is 10.7. The number of carboxylic acid groups (broad SMARTS) is 1. The largest absolute Gasteiger partial charge is 0.481 e. The Bertz CT molecular complexity index is 1140. The summed E-state index contributed by atoms with van der Waals surface area (Å²) in [5.41, 5.74) is 4.56. The van der Waals surface area contributed by atoms with Crippen molar-refractivity contribution >= 4 is 35.5 Å². The highest BCUT2D eigenvalue weighted by molar-refractivity contribution is 7.71. The highest BCUT2D eigenvalue weighted by Gasteiger charge is 2.14. The summed E-state index contributed by atoms with van der Waals surface area (Å²) in [6, 6.07) is 13.2. The van der Waals surface area contributed by atoms with Crippen molar-refractivity contribution in [2.24, 2.45) is 0 Å². The molecular formula is C22H26N6O3S. The van der Waals surface area contributed by atoms with Gasteiger partial charge < -0.3 is 15.3 Å². The molecule has 2 aromatic carbocycles. The molecule has 0 saturated carbocycles. The lowest BCUT2D eigenvalue weighted by atomic mass is 10.1. The summed E-state index contributed by atoms with van der Waals surface area (Å²) in [6.07, 6.45) is 0.940. The van der Waals surface area contributed by atoms with Gasteiger partial charge in [-0.15, -0.1) is 0 Å². The SMILES string of the molecule is Cc1cccc(C)c1N(CCCC(=O)Nc1cccc(-n2[nH]nnc2=S)c1)CCC(=O)O. The summed E-state index contributed by atoms with van der Waals surface area (Å²) in [5.74, 6) is -0.959. The molecule has 3 aromatic rings. The summed E-state index contributed by atoms with van der Waals surface area (Å²) in [4.78, 5) is 25.7. The van der Waals surface area contributed by atoms with Crippen molar-refractivity contribution in [3.8, 4) is 5.69 Å². The van der Waals surface area contributed by atoms with Crippen LogP contribution in [0.5, 0.6) is 0 Å². The third kappa shape index (κ3) is 6.01. The van der Waals surface area contributed by atoms with Crippen LogP contribution < -0.4 is 10.2 Å². The molecule has 0 aliphatic heterocycles. The smallest absolute Gasteiger partial charge is 0.305 e. The monoisotopic (exact) mass is 454 g/mol. The quantitative estimate of drug-likeness (QED) is 0.401. The van der Waals surface area contributed by atoms with Crippen molar-refractivity contribution in [3.63, 3.8) is 0 Å². The number of nitrogens with zero attached hydrogens (tertiary/aromatic N) is 4. The van der Waals surface area contributed by atoms with Crippen molar-refractivity contribution in [1.82, 2.24) is 20.2 Å². The van der Waals surface area contributed by atoms with Crippen LogP contribution in [-0.2, 0) is 9.59 Å². The number of hydrogen-bond acceptors (Lipinski definition) is 6. The molecule has 0 bridgehead atoms. The molecule has 1 aromatic heterocycles. The number of H-pyrrole nitrogens is 1. The van der Waals surface area contributed by atoms with Crippen molar-refractivity contribution in [3.05, 3.63) is 58.4 Å². The van der Waals surface area contributed by atoms with E-state index < -0.39 is 5.97 Å². The number of aromatic nitrogens is 4. The number of aliphatic carboxylic acids is 1. The Morgan fingerprint density at radius 2 is 1.84 bits per heavy atom. The van der Waals surface area contributed by atoms with E-state index >= 15 is 0 Å². The zero-order chi connectivity index (χ0) is 23.1. The lowest BCUT2D eigenvalue weighted by Crippen LogP contribution is -2.29. The Morgan fingerprint density at radius 3 is 2.50 bits per heavy atom. The topological polar surface area (TPSA) is 116 Å². The number of hydrogen-bond donors (Lipinski definition) is 3. The van der Waals surface area contributed by atoms with Crippen molar-refractivity contribution in [2.75, 3.05) is 23.3 Å². The molecule has 0 radical (unpaired) electrons. The van der Waals surface area contributed by atoms with Gasteiger partial charge in [0.05, 0.1) is 12.1 Å². The standard InChI is InChI=1S/C22H26N6O3S/c1-15-6-3-7-16(2)21(15)27(13-11-20(30)31)12-5-10-19(29)23-17-8-4-9-18(14-17)28-22(32)24-25-26-28/h3-4,6-9,14H,5,10-13H2,1-2H3,(H,23,29)(H,30,31)(H,24,26,32). The number of carboxylic acids is 1. The number of amides is 1. The molecule has 32 heavy (non-hydrogen) atoms. The van der Waals surface area contributed by atoms with Gasteiger partial charge in [0.1, 0.15) is 0 Å². The number of aromatic amines is 1. The van der Waals surface area contributed by atoms with Gasteiger partial charge in [-0.2, -0.15) is 5.21 Å². The molecule has 168 valence electrons. The number of aryl methyl sites for hydroxylation is 2. The summed E-state index contributed by atoms with van der Waals surface area (Å²) in [5, 5.41) is 22.1. The van der Waals surface area contributed by atoms with Crippen LogP contribution in [0.3, 0.4) is 0 Å². The first-order valence-corrected chi connectivity index (χ1v) is 10.7. The fraction of sp³-hybridized carbons (Fsp3) is 0.318. The molecule has 0 spiro atoms. The number of para-hydroxylation sites is 1. The Morgan fingerprint density at radius 1 is 1.12 bits per heavy atom. The van der Waals surface area contributed by atoms with Crippen LogP contribution in [0, 0.1) is 18.6 Å². The van der Waals surface area contributed by atoms with Gasteiger partial charge in [-0.3, -0.25) is 9.59 Å². The molecule has 0 aliphatic carbocycles. The van der Waals surface area contributed by atoms with Gasteiger partial charge in [0.15, 0.2) is 0 Å². The third-order valence-corrected chi connectivity index (χ3v) is 5.31. The minimum absolute atomic E-state index is 0.0394. The molecule has 0 aliphatic rings. The highest BCUT2D eigenvalue weighted by Crippen LogP contribution is 2.25. The van der Waals surface area contributed by atoms with Gasteiger partial charge in [-0.25, -0.2) is 4.68 Å². The van der Waals surface area contributed by atoms with E-state index in [4.69, 9.17) is 17.3 Å². The molecule has 3 N–H and O–H groups in total. The third-order valence-electron chi connectivity index (χ3n) is 5.04. The Hall–Kier alpha value is -3.53. The number of anilines is 2. The van der Waals surface area contributed by atoms with Crippen LogP contribution in [0.25, 0.3) is 5.69 Å². The van der Waals surface area contributed by atoms with Crippen LogP contribution in [0.15, 0.2) is 42.5 Å². The van der Waals surface area contributed by atoms with Gasteiger partial charge in [0.2, 0.25) is 10.7 Å². The predicted octanol–water partition coefficient (Wildman–Crippen LogP) is 3.64. The Labute approximate surface area is 191 Å². The van der Waals surface area contributed by atoms with E-state index in [0.717, 1.165) is 16.8 Å². The van der Waals surface area contributed by atoms with Crippen molar-refractivity contribution in [2.45, 2.75) is 33.1 Å². The molecule has 9 nitrogen and oxygen atoms in total. The van der Waals surface area contributed by atoms with Crippen LogP contribution in [0.1, 0.15) is 30.4 Å². The molecule has 1 amide bonds. The normalized spacial score (nSPS) is 10.7. The van der Waals surface area contributed by atoms with Crippen LogP contribution in [0.2, 0.25) is 0 Å². The van der Waals surface area contributed by atoms with Crippen LogP contribution >= 0.6 is 12.2 Å². The van der Waals surface area contributed by atoms with E-state index in [9.17, 15) is 9.59 Å². The fourth-order valence-corrected chi connectivity index (χ4v) is 3.80. The van der Waals surface area contributed by atoms with Gasteiger partial charge in [-0.1, -0.05) is 34.6 Å². The minimum atomic E-state index is -0.841. The maximum absolute atomic E-state index is 12.5. The lowest BCUT2D eigenvalue weighted by Gasteiger charge is -2.27. The molecule has 0 unspecified atom stereocenters. The number of rotatable bonds is 10. The van der Waals surface area contributed by atoms with Crippen molar-refractivity contribution in [1.29, 1.82) is 0 Å². The highest BCUT2D eigenvalue weighted by atomic mass is 32.1. The van der Waals surface area contributed by atoms with Crippen LogP contribution in [0.4, 0.5) is 11.4 Å². The van der Waals surface area contributed by atoms with Crippen molar-refractivity contribution < 1.29 is 14.7 Å². The van der Waals surface area contributed by atoms with E-state index in [2.05, 4.69) is 25.7 Å². The first kappa shape index (κ1) is 23.1. The van der Waals surface area contributed by atoms with Gasteiger partial charge in [0.25, 0.3) is 0 Å². The summed E-state index contributed by atoms with van der Waals surface area (Å²) in [6.45, 7) is 5.00. The Balaban J connectivity index is 1.61. The van der Waals surface area contributed by atoms with Gasteiger partial charge >= 0.3 is 5.97 Å². The van der Waals surface area contributed by atoms with E-state index in [1.54, 1.807) is 12.1 Å². The van der Waals surface area contributed by atoms with E-state index in [0.29, 0.717) is 42.1 Å². The summed E-state index contributed by atoms with van der Waals surface area (Å²) < 4.78 is 1.83. The zero-order valence-electron chi connectivity index (χ0n) is 18.0. The zero-order valence-corrected chi connectivity index (χ0v) is 18.9. The number of nitrogens with one attached hydrogen (secondary N) is 2. The average Bonchev–Trinajstić information content (AvgIpc) is 3.17. The molecular weight excluding hydrogens is 428 g/mol. The maximum Gasteiger partial charge on any atom is 0.305 e. The summed E-state index contributed by atoms with van der Waals surface area (Å²) >= 11 is 5.11. The predicted molar refractivity (Wildman–Crippen MR) is 125 cm³/mol. The number of carbonyl (C=O) groups is 2. The number of carbonyl (C=O) groups excluding carboxylic acids is 1. The molecule has 3 rings (SSSR count). The molecule has 1 heterocycles. The van der Waals surface area contributed by atoms with Gasteiger partial charge in [-0.05, 0) is 61.8 Å².